The molecule has 0 radical (unpaired) electrons. The second-order valence-corrected chi connectivity index (χ2v) is 6.84. The number of sulfone groups is 1. The summed E-state index contributed by atoms with van der Waals surface area (Å²) in [7, 11) is -4.65. The van der Waals surface area contributed by atoms with Crippen molar-refractivity contribution in [2.75, 3.05) is 6.26 Å². The first-order valence-electron chi connectivity index (χ1n) is 4.92. The third-order valence-electron chi connectivity index (χ3n) is 2.06. The van der Waals surface area contributed by atoms with E-state index in [-0.39, 0.29) is 9.64 Å². The molecule has 20 heavy (non-hydrogen) atoms. The average Bonchev–Trinajstić information content (AvgIpc) is 2.39. The van der Waals surface area contributed by atoms with E-state index in [2.05, 4.69) is 26.2 Å². The number of nitriles is 1. The smallest absolute Gasteiger partial charge is 0.271 e. The average molecular weight is 384 g/mol. The zero-order valence-electron chi connectivity index (χ0n) is 9.97. The van der Waals surface area contributed by atoms with Crippen LogP contribution < -0.4 is 5.32 Å². The number of alkyl halides is 2. The molecule has 0 amide bonds. The zero-order valence-corrected chi connectivity index (χ0v) is 13.2. The van der Waals surface area contributed by atoms with E-state index in [1.807, 2.05) is 0 Å². The van der Waals surface area contributed by atoms with Crippen LogP contribution in [0.1, 0.15) is 0 Å². The molecule has 0 atom stereocenters. The van der Waals surface area contributed by atoms with Gasteiger partial charge in [0.15, 0.2) is 11.4 Å². The highest BCUT2D eigenvalue weighted by Gasteiger charge is 2.27. The van der Waals surface area contributed by atoms with Gasteiger partial charge in [-0.2, -0.15) is 14.0 Å². The van der Waals surface area contributed by atoms with E-state index in [9.17, 15) is 17.2 Å². The first-order valence-corrected chi connectivity index (χ1v) is 8.48. The van der Waals surface area contributed by atoms with Crippen molar-refractivity contribution in [2.24, 2.45) is 4.99 Å². The minimum atomic E-state index is -4.65. The molecule has 0 aliphatic rings. The fourth-order valence-corrected chi connectivity index (χ4v) is 2.84. The molecule has 1 N–H and O–H groups in total. The molecule has 10 heteroatoms. The Morgan fingerprint density at radius 3 is 2.65 bits per heavy atom. The fraction of sp³-hybridized carbons (Fsp3) is 0.200. The minimum Gasteiger partial charge on any atom is -0.271 e. The van der Waals surface area contributed by atoms with Gasteiger partial charge in [-0.05, 0) is 40.4 Å². The molecule has 0 fully saturated rings. The van der Waals surface area contributed by atoms with Gasteiger partial charge in [-0.1, -0.05) is 11.8 Å². The van der Waals surface area contributed by atoms with Gasteiger partial charge < -0.3 is 0 Å². The minimum absolute atomic E-state index is 0.227. The van der Waals surface area contributed by atoms with Crippen molar-refractivity contribution in [3.63, 3.8) is 0 Å². The summed E-state index contributed by atoms with van der Waals surface area (Å²) < 4.78 is 47.7. The van der Waals surface area contributed by atoms with Crippen molar-refractivity contribution in [3.05, 3.63) is 22.7 Å². The maximum atomic E-state index is 12.4. The van der Waals surface area contributed by atoms with Crippen molar-refractivity contribution in [3.8, 4) is 6.19 Å². The monoisotopic (exact) mass is 383 g/mol. The van der Waals surface area contributed by atoms with Gasteiger partial charge in [-0.15, -0.1) is 0 Å². The van der Waals surface area contributed by atoms with Crippen molar-refractivity contribution in [1.29, 1.82) is 5.26 Å². The van der Waals surface area contributed by atoms with Gasteiger partial charge in [-0.3, -0.25) is 5.32 Å². The van der Waals surface area contributed by atoms with E-state index < -0.39 is 20.5 Å². The summed E-state index contributed by atoms with van der Waals surface area (Å²) in [6, 6.07) is 3.36. The molecule has 0 bridgehead atoms. The fourth-order valence-electron chi connectivity index (χ4n) is 1.14. The zero-order chi connectivity index (χ0) is 15.3. The Hall–Kier alpha value is -1.18. The van der Waals surface area contributed by atoms with Gasteiger partial charge in [-0.25, -0.2) is 13.4 Å². The van der Waals surface area contributed by atoms with E-state index in [4.69, 9.17) is 5.26 Å². The molecule has 0 aliphatic heterocycles. The molecular weight excluding hydrogens is 376 g/mol. The number of thioether (sulfide) groups is 1. The van der Waals surface area contributed by atoms with Crippen LogP contribution in [0.2, 0.25) is 0 Å². The number of hydrogen-bond donors (Lipinski definition) is 1. The molecular formula is C10H8BrF2N3O2S2. The van der Waals surface area contributed by atoms with Crippen LogP contribution in [0.5, 0.6) is 0 Å². The largest absolute Gasteiger partial charge is 0.341 e. The van der Waals surface area contributed by atoms with Crippen molar-refractivity contribution >= 4 is 48.4 Å². The van der Waals surface area contributed by atoms with E-state index >= 15 is 0 Å². The summed E-state index contributed by atoms with van der Waals surface area (Å²) in [6.45, 7) is 0. The van der Waals surface area contributed by atoms with Crippen LogP contribution in [0.3, 0.4) is 0 Å². The second kappa shape index (κ2) is 7.01. The molecule has 0 saturated heterocycles. The predicted molar refractivity (Wildman–Crippen MR) is 76.7 cm³/mol. The SMILES string of the molecule is CSC(=Nc1ccc(S(=O)(=O)C(F)F)cc1Br)NC#N. The van der Waals surface area contributed by atoms with Gasteiger partial charge in [0, 0.05) is 4.47 Å². The maximum absolute atomic E-state index is 12.4. The molecule has 0 aliphatic carbocycles. The first-order chi connectivity index (χ1) is 9.32. The van der Waals surface area contributed by atoms with E-state index in [1.54, 1.807) is 12.4 Å². The predicted octanol–water partition coefficient (Wildman–Crippen LogP) is 2.87. The van der Waals surface area contributed by atoms with Gasteiger partial charge >= 0.3 is 5.76 Å². The molecule has 5 nitrogen and oxygen atoms in total. The van der Waals surface area contributed by atoms with Gasteiger partial charge in [0.25, 0.3) is 0 Å². The highest BCUT2D eigenvalue weighted by molar-refractivity contribution is 9.10. The van der Waals surface area contributed by atoms with Crippen LogP contribution in [0.15, 0.2) is 32.6 Å². The normalized spacial score (nSPS) is 12.3. The molecule has 0 heterocycles. The summed E-state index contributed by atoms with van der Waals surface area (Å²) in [5.41, 5.74) is 0.310. The number of rotatable bonds is 3. The number of aliphatic imine (C=N–C) groups is 1. The van der Waals surface area contributed by atoms with Crippen LogP contribution >= 0.6 is 27.7 Å². The van der Waals surface area contributed by atoms with Gasteiger partial charge in [0.2, 0.25) is 9.84 Å². The lowest BCUT2D eigenvalue weighted by molar-refractivity contribution is 0.234. The van der Waals surface area contributed by atoms with Crippen LogP contribution in [0.4, 0.5) is 14.5 Å². The first kappa shape index (κ1) is 16.9. The lowest BCUT2D eigenvalue weighted by atomic mass is 10.3. The highest BCUT2D eigenvalue weighted by Crippen LogP contribution is 2.30. The second-order valence-electron chi connectivity index (χ2n) is 3.28. The van der Waals surface area contributed by atoms with Gasteiger partial charge in [0.1, 0.15) is 0 Å². The number of benzene rings is 1. The van der Waals surface area contributed by atoms with Crippen LogP contribution in [-0.4, -0.2) is 25.6 Å². The summed E-state index contributed by atoms with van der Waals surface area (Å²) in [5, 5.41) is 11.1. The summed E-state index contributed by atoms with van der Waals surface area (Å²) >= 11 is 4.23. The summed E-state index contributed by atoms with van der Waals surface area (Å²) in [5.74, 6) is -3.48. The molecule has 1 rings (SSSR count). The highest BCUT2D eigenvalue weighted by atomic mass is 79.9. The van der Waals surface area contributed by atoms with Crippen molar-refractivity contribution in [1.82, 2.24) is 5.32 Å². The molecule has 1 aromatic carbocycles. The quantitative estimate of drug-likeness (QED) is 0.375. The van der Waals surface area contributed by atoms with Gasteiger partial charge in [0.05, 0.1) is 10.6 Å². The Morgan fingerprint density at radius 2 is 2.20 bits per heavy atom. The number of amidine groups is 1. The molecule has 0 aromatic heterocycles. The van der Waals surface area contributed by atoms with Crippen LogP contribution in [0, 0.1) is 11.5 Å². The Balaban J connectivity index is 3.22. The van der Waals surface area contributed by atoms with E-state index in [0.717, 1.165) is 12.1 Å². The third-order valence-corrected chi connectivity index (χ3v) is 4.66. The Kier molecular flexibility index (Phi) is 5.91. The van der Waals surface area contributed by atoms with Crippen molar-refractivity contribution in [2.45, 2.75) is 10.7 Å². The third kappa shape index (κ3) is 3.91. The lowest BCUT2D eigenvalue weighted by Crippen LogP contribution is -2.13. The summed E-state index contributed by atoms with van der Waals surface area (Å²) in [4.78, 5) is 3.55. The number of nitrogens with one attached hydrogen (secondary N) is 1. The van der Waals surface area contributed by atoms with Crippen molar-refractivity contribution < 1.29 is 17.2 Å². The topological polar surface area (TPSA) is 82.3 Å². The number of hydrogen-bond acceptors (Lipinski definition) is 5. The maximum Gasteiger partial charge on any atom is 0.341 e. The molecule has 1 aromatic rings. The number of halogens is 3. The molecule has 0 spiro atoms. The Labute approximate surface area is 127 Å². The van der Waals surface area contributed by atoms with Crippen LogP contribution in [0.25, 0.3) is 0 Å². The lowest BCUT2D eigenvalue weighted by Gasteiger charge is -2.06. The standard InChI is InChI=1S/C10H8BrF2N3O2S2/c1-19-10(15-5-14)16-8-3-2-6(4-7(8)11)20(17,18)9(12)13/h2-4,9H,1H3,(H,15,16). The number of nitrogens with zero attached hydrogens (tertiary/aromatic N) is 2. The van der Waals surface area contributed by atoms with Crippen LogP contribution in [-0.2, 0) is 9.84 Å². The van der Waals surface area contributed by atoms with E-state index in [1.165, 1.54) is 17.8 Å². The Bertz CT molecular complexity index is 672. The van der Waals surface area contributed by atoms with E-state index in [0.29, 0.717) is 5.69 Å². The molecule has 108 valence electrons. The molecule has 0 saturated carbocycles. The Morgan fingerprint density at radius 1 is 1.55 bits per heavy atom. The summed E-state index contributed by atoms with van der Waals surface area (Å²) in [6.07, 6.45) is 3.38. The molecule has 0 unspecified atom stereocenters.